The molecule has 0 fully saturated rings. The number of aromatic amines is 1. The largest absolute Gasteiger partial charge is 0.356 e. The molecule has 28 heavy (non-hydrogen) atoms. The van der Waals surface area contributed by atoms with Crippen LogP contribution in [0.3, 0.4) is 0 Å². The number of aromatic nitrogens is 1. The third kappa shape index (κ3) is 2.63. The van der Waals surface area contributed by atoms with Gasteiger partial charge in [-0.15, -0.1) is 0 Å². The lowest BCUT2D eigenvalue weighted by Gasteiger charge is -2.36. The van der Waals surface area contributed by atoms with Crippen LogP contribution < -0.4 is 0 Å². The van der Waals surface area contributed by atoms with Gasteiger partial charge in [0.2, 0.25) is 0 Å². The maximum absolute atomic E-state index is 13.5. The zero-order valence-corrected chi connectivity index (χ0v) is 15.9. The SMILES string of the molecule is Cc1ccccc1C(=O)N1CCc2c([nH]c3ccccc23)C1c1ccccc1. The molecule has 0 bridgehead atoms. The summed E-state index contributed by atoms with van der Waals surface area (Å²) in [4.78, 5) is 19.2. The summed E-state index contributed by atoms with van der Waals surface area (Å²) >= 11 is 0. The van der Waals surface area contributed by atoms with E-state index in [9.17, 15) is 4.79 Å². The van der Waals surface area contributed by atoms with Crippen molar-refractivity contribution in [2.24, 2.45) is 0 Å². The van der Waals surface area contributed by atoms with Gasteiger partial charge in [0.25, 0.3) is 5.91 Å². The maximum Gasteiger partial charge on any atom is 0.254 e. The number of rotatable bonds is 2. The minimum Gasteiger partial charge on any atom is -0.356 e. The topological polar surface area (TPSA) is 36.1 Å². The molecule has 0 radical (unpaired) electrons. The summed E-state index contributed by atoms with van der Waals surface area (Å²) < 4.78 is 0. The Balaban J connectivity index is 1.68. The van der Waals surface area contributed by atoms with Crippen molar-refractivity contribution in [2.45, 2.75) is 19.4 Å². The highest BCUT2D eigenvalue weighted by Gasteiger charge is 2.35. The Labute approximate surface area is 164 Å². The third-order valence-electron chi connectivity index (χ3n) is 5.79. The van der Waals surface area contributed by atoms with Crippen molar-refractivity contribution in [3.8, 4) is 0 Å². The normalized spacial score (nSPS) is 16.2. The van der Waals surface area contributed by atoms with E-state index in [4.69, 9.17) is 0 Å². The predicted octanol–water partition coefficient (Wildman–Crippen LogP) is 5.26. The fourth-order valence-corrected chi connectivity index (χ4v) is 4.41. The average molecular weight is 366 g/mol. The summed E-state index contributed by atoms with van der Waals surface area (Å²) in [7, 11) is 0. The van der Waals surface area contributed by atoms with E-state index in [0.717, 1.165) is 34.3 Å². The van der Waals surface area contributed by atoms with Crippen LogP contribution in [0.15, 0.2) is 78.9 Å². The number of carbonyl (C=O) groups is 1. The van der Waals surface area contributed by atoms with Gasteiger partial charge in [0, 0.05) is 28.7 Å². The van der Waals surface area contributed by atoms with Crippen molar-refractivity contribution in [3.05, 3.63) is 107 Å². The zero-order valence-electron chi connectivity index (χ0n) is 15.9. The van der Waals surface area contributed by atoms with Crippen LogP contribution in [0.5, 0.6) is 0 Å². The lowest BCUT2D eigenvalue weighted by atomic mass is 9.91. The number of para-hydroxylation sites is 1. The Morgan fingerprint density at radius 3 is 2.46 bits per heavy atom. The fraction of sp³-hybridized carbons (Fsp3) is 0.160. The lowest BCUT2D eigenvalue weighted by Crippen LogP contribution is -2.40. The number of carbonyl (C=O) groups excluding carboxylic acids is 1. The van der Waals surface area contributed by atoms with Crippen molar-refractivity contribution in [1.29, 1.82) is 0 Å². The highest BCUT2D eigenvalue weighted by molar-refractivity contribution is 5.97. The molecule has 4 aromatic rings. The van der Waals surface area contributed by atoms with Gasteiger partial charge >= 0.3 is 0 Å². The fourth-order valence-electron chi connectivity index (χ4n) is 4.41. The Morgan fingerprint density at radius 2 is 1.64 bits per heavy atom. The predicted molar refractivity (Wildman–Crippen MR) is 113 cm³/mol. The van der Waals surface area contributed by atoms with Crippen molar-refractivity contribution >= 4 is 16.8 Å². The minimum atomic E-state index is -0.107. The van der Waals surface area contributed by atoms with Crippen molar-refractivity contribution in [1.82, 2.24) is 9.88 Å². The Morgan fingerprint density at radius 1 is 0.929 bits per heavy atom. The summed E-state index contributed by atoms with van der Waals surface area (Å²) in [6, 6.07) is 26.5. The van der Waals surface area contributed by atoms with E-state index in [0.29, 0.717) is 6.54 Å². The molecule has 1 aliphatic rings. The third-order valence-corrected chi connectivity index (χ3v) is 5.79. The molecule has 1 aromatic heterocycles. The van der Waals surface area contributed by atoms with Crippen molar-refractivity contribution in [3.63, 3.8) is 0 Å². The summed E-state index contributed by atoms with van der Waals surface area (Å²) in [6.07, 6.45) is 0.861. The van der Waals surface area contributed by atoms with Crippen molar-refractivity contribution in [2.75, 3.05) is 6.54 Å². The lowest BCUT2D eigenvalue weighted by molar-refractivity contribution is 0.0691. The number of benzene rings is 3. The van der Waals surface area contributed by atoms with Crippen LogP contribution in [-0.4, -0.2) is 22.3 Å². The van der Waals surface area contributed by atoms with Gasteiger partial charge in [-0.2, -0.15) is 0 Å². The summed E-state index contributed by atoms with van der Waals surface area (Å²) in [6.45, 7) is 2.71. The standard InChI is InChI=1S/C25H22N2O/c1-17-9-5-6-12-19(17)25(28)27-16-15-21-20-13-7-8-14-22(20)26-23(21)24(27)18-10-3-2-4-11-18/h2-14,24,26H,15-16H2,1H3. The molecule has 0 saturated heterocycles. The molecule has 3 heteroatoms. The highest BCUT2D eigenvalue weighted by Crippen LogP contribution is 2.39. The molecule has 0 aliphatic carbocycles. The first kappa shape index (κ1) is 16.8. The number of hydrogen-bond acceptors (Lipinski definition) is 1. The number of nitrogens with one attached hydrogen (secondary N) is 1. The summed E-state index contributed by atoms with van der Waals surface area (Å²) in [5.74, 6) is 0.0938. The molecule has 2 heterocycles. The molecular weight excluding hydrogens is 344 g/mol. The molecule has 1 amide bonds. The van der Waals surface area contributed by atoms with Crippen LogP contribution in [0.25, 0.3) is 10.9 Å². The first-order chi connectivity index (χ1) is 13.7. The number of aryl methyl sites for hydroxylation is 1. The van der Waals surface area contributed by atoms with E-state index in [1.54, 1.807) is 0 Å². The molecule has 1 N–H and O–H groups in total. The summed E-state index contributed by atoms with van der Waals surface area (Å²) in [5, 5.41) is 1.27. The van der Waals surface area contributed by atoms with E-state index >= 15 is 0 Å². The smallest absolute Gasteiger partial charge is 0.254 e. The Kier molecular flexibility index (Phi) is 4.01. The number of amides is 1. The van der Waals surface area contributed by atoms with Crippen LogP contribution in [-0.2, 0) is 6.42 Å². The molecule has 5 rings (SSSR count). The first-order valence-electron chi connectivity index (χ1n) is 9.75. The van der Waals surface area contributed by atoms with Crippen LogP contribution in [0.4, 0.5) is 0 Å². The molecule has 3 aromatic carbocycles. The number of hydrogen-bond donors (Lipinski definition) is 1. The Bertz CT molecular complexity index is 1160. The second-order valence-electron chi connectivity index (χ2n) is 7.44. The maximum atomic E-state index is 13.5. The van der Waals surface area contributed by atoms with Crippen LogP contribution in [0, 0.1) is 6.92 Å². The molecule has 0 spiro atoms. The van der Waals surface area contributed by atoms with Crippen LogP contribution in [0.1, 0.15) is 38.8 Å². The van der Waals surface area contributed by atoms with E-state index in [2.05, 4.69) is 41.4 Å². The molecule has 0 saturated carbocycles. The van der Waals surface area contributed by atoms with Gasteiger partial charge in [0.15, 0.2) is 0 Å². The van der Waals surface area contributed by atoms with E-state index in [1.807, 2.05) is 54.3 Å². The van der Waals surface area contributed by atoms with Gasteiger partial charge < -0.3 is 9.88 Å². The van der Waals surface area contributed by atoms with E-state index < -0.39 is 0 Å². The van der Waals surface area contributed by atoms with Crippen LogP contribution >= 0.6 is 0 Å². The van der Waals surface area contributed by atoms with E-state index in [1.165, 1.54) is 10.9 Å². The van der Waals surface area contributed by atoms with Gasteiger partial charge in [-0.1, -0.05) is 66.7 Å². The molecular formula is C25H22N2O. The van der Waals surface area contributed by atoms with Crippen molar-refractivity contribution < 1.29 is 4.79 Å². The van der Waals surface area contributed by atoms with Gasteiger partial charge in [-0.25, -0.2) is 0 Å². The van der Waals surface area contributed by atoms with Gasteiger partial charge in [0.1, 0.15) is 0 Å². The first-order valence-corrected chi connectivity index (χ1v) is 9.75. The second kappa shape index (κ2) is 6.68. The number of nitrogens with zero attached hydrogens (tertiary/aromatic N) is 1. The molecule has 1 atom stereocenters. The minimum absolute atomic E-state index is 0.0938. The molecule has 138 valence electrons. The average Bonchev–Trinajstić information content (AvgIpc) is 3.12. The highest BCUT2D eigenvalue weighted by atomic mass is 16.2. The molecule has 1 aliphatic heterocycles. The second-order valence-corrected chi connectivity index (χ2v) is 7.44. The van der Waals surface area contributed by atoms with E-state index in [-0.39, 0.29) is 11.9 Å². The monoisotopic (exact) mass is 366 g/mol. The molecule has 3 nitrogen and oxygen atoms in total. The number of H-pyrrole nitrogens is 1. The summed E-state index contributed by atoms with van der Waals surface area (Å²) in [5.41, 5.74) is 6.54. The zero-order chi connectivity index (χ0) is 19.1. The van der Waals surface area contributed by atoms with Crippen LogP contribution in [0.2, 0.25) is 0 Å². The Hall–Kier alpha value is -3.33. The molecule has 1 unspecified atom stereocenters. The van der Waals surface area contributed by atoms with Gasteiger partial charge in [-0.3, -0.25) is 4.79 Å². The number of fused-ring (bicyclic) bond motifs is 3. The van der Waals surface area contributed by atoms with Gasteiger partial charge in [-0.05, 0) is 42.2 Å². The van der Waals surface area contributed by atoms with Gasteiger partial charge in [0.05, 0.1) is 6.04 Å². The quantitative estimate of drug-likeness (QED) is 0.516.